The Morgan fingerprint density at radius 3 is 2.60 bits per heavy atom. The third-order valence-electron chi connectivity index (χ3n) is 3.39. The van der Waals surface area contributed by atoms with Gasteiger partial charge in [-0.2, -0.15) is 0 Å². The number of fused-ring (bicyclic) bond motifs is 1. The summed E-state index contributed by atoms with van der Waals surface area (Å²) in [5, 5.41) is 4.55. The van der Waals surface area contributed by atoms with Crippen LogP contribution in [0.15, 0.2) is 60.8 Å². The molecule has 0 radical (unpaired) electrons. The summed E-state index contributed by atoms with van der Waals surface area (Å²) in [6.45, 7) is 2.06. The molecule has 1 heterocycles. The first-order valence-electron chi connectivity index (χ1n) is 6.60. The van der Waals surface area contributed by atoms with Gasteiger partial charge in [-0.25, -0.2) is 4.39 Å². The summed E-state index contributed by atoms with van der Waals surface area (Å²) in [6, 6.07) is 16.6. The van der Waals surface area contributed by atoms with Crippen molar-refractivity contribution >= 4 is 16.6 Å². The van der Waals surface area contributed by atoms with Gasteiger partial charge in [0.15, 0.2) is 0 Å². The monoisotopic (exact) mass is 266 g/mol. The van der Waals surface area contributed by atoms with Crippen LogP contribution >= 0.6 is 0 Å². The van der Waals surface area contributed by atoms with Gasteiger partial charge in [0.25, 0.3) is 0 Å². The minimum atomic E-state index is -0.213. The molecule has 0 spiro atoms. The van der Waals surface area contributed by atoms with Crippen LogP contribution in [-0.4, -0.2) is 4.98 Å². The number of halogens is 1. The predicted octanol–water partition coefficient (Wildman–Crippen LogP) is 4.55. The molecule has 0 saturated carbocycles. The van der Waals surface area contributed by atoms with Crippen molar-refractivity contribution in [1.29, 1.82) is 0 Å². The highest BCUT2D eigenvalue weighted by molar-refractivity contribution is 5.91. The van der Waals surface area contributed by atoms with Crippen molar-refractivity contribution in [2.45, 2.75) is 13.0 Å². The van der Waals surface area contributed by atoms with E-state index in [1.807, 2.05) is 30.3 Å². The summed E-state index contributed by atoms with van der Waals surface area (Å²) < 4.78 is 13.0. The molecule has 1 atom stereocenters. The van der Waals surface area contributed by atoms with Crippen LogP contribution in [-0.2, 0) is 0 Å². The van der Waals surface area contributed by atoms with Gasteiger partial charge in [0.2, 0.25) is 0 Å². The first-order chi connectivity index (χ1) is 9.74. The Morgan fingerprint density at radius 2 is 1.80 bits per heavy atom. The minimum absolute atomic E-state index is 0.0985. The average Bonchev–Trinajstić information content (AvgIpc) is 2.48. The molecular weight excluding hydrogens is 251 g/mol. The van der Waals surface area contributed by atoms with Crippen LogP contribution in [0.5, 0.6) is 0 Å². The van der Waals surface area contributed by atoms with Crippen molar-refractivity contribution in [3.63, 3.8) is 0 Å². The molecule has 0 saturated heterocycles. The molecule has 0 aliphatic heterocycles. The molecular formula is C17H15FN2. The highest BCUT2D eigenvalue weighted by Gasteiger charge is 2.07. The number of pyridine rings is 1. The number of benzene rings is 2. The van der Waals surface area contributed by atoms with Gasteiger partial charge in [-0.05, 0) is 48.9 Å². The maximum atomic E-state index is 13.0. The summed E-state index contributed by atoms with van der Waals surface area (Å²) in [7, 11) is 0. The van der Waals surface area contributed by atoms with E-state index in [1.54, 1.807) is 18.3 Å². The van der Waals surface area contributed by atoms with Crippen LogP contribution in [0.1, 0.15) is 18.5 Å². The lowest BCUT2D eigenvalue weighted by Gasteiger charge is -2.17. The zero-order valence-electron chi connectivity index (χ0n) is 11.2. The molecule has 0 amide bonds. The lowest BCUT2D eigenvalue weighted by atomic mass is 10.1. The second-order valence-electron chi connectivity index (χ2n) is 4.79. The molecule has 100 valence electrons. The van der Waals surface area contributed by atoms with Crippen LogP contribution in [0.2, 0.25) is 0 Å². The van der Waals surface area contributed by atoms with E-state index >= 15 is 0 Å². The van der Waals surface area contributed by atoms with E-state index < -0.39 is 0 Å². The molecule has 1 N–H and O–H groups in total. The number of nitrogens with zero attached hydrogens (tertiary/aromatic N) is 1. The molecule has 3 rings (SSSR count). The lowest BCUT2D eigenvalue weighted by molar-refractivity contribution is 0.626. The Morgan fingerprint density at radius 1 is 1.00 bits per heavy atom. The Hall–Kier alpha value is -2.42. The summed E-state index contributed by atoms with van der Waals surface area (Å²) in [5.74, 6) is -0.213. The molecule has 1 unspecified atom stereocenters. The first-order valence-corrected chi connectivity index (χ1v) is 6.60. The summed E-state index contributed by atoms with van der Waals surface area (Å²) in [4.78, 5) is 4.34. The van der Waals surface area contributed by atoms with E-state index in [0.717, 1.165) is 22.2 Å². The zero-order chi connectivity index (χ0) is 13.9. The van der Waals surface area contributed by atoms with Gasteiger partial charge in [0, 0.05) is 23.3 Å². The van der Waals surface area contributed by atoms with Crippen molar-refractivity contribution < 1.29 is 4.39 Å². The van der Waals surface area contributed by atoms with Gasteiger partial charge in [0.05, 0.1) is 5.52 Å². The fraction of sp³-hybridized carbons (Fsp3) is 0.118. The van der Waals surface area contributed by atoms with Crippen LogP contribution in [0.25, 0.3) is 10.9 Å². The van der Waals surface area contributed by atoms with Gasteiger partial charge in [-0.15, -0.1) is 0 Å². The Kier molecular flexibility index (Phi) is 3.33. The van der Waals surface area contributed by atoms with Crippen molar-refractivity contribution in [2.75, 3.05) is 5.32 Å². The van der Waals surface area contributed by atoms with Gasteiger partial charge in [-0.1, -0.05) is 18.2 Å². The van der Waals surface area contributed by atoms with E-state index in [-0.39, 0.29) is 11.9 Å². The van der Waals surface area contributed by atoms with Crippen LogP contribution < -0.4 is 5.32 Å². The molecule has 0 aliphatic rings. The Balaban J connectivity index is 1.91. The smallest absolute Gasteiger partial charge is 0.123 e. The summed E-state index contributed by atoms with van der Waals surface area (Å²) >= 11 is 0. The maximum Gasteiger partial charge on any atom is 0.123 e. The van der Waals surface area contributed by atoms with Crippen molar-refractivity contribution in [3.05, 3.63) is 72.2 Å². The molecule has 3 heteroatoms. The Labute approximate surface area is 117 Å². The second-order valence-corrected chi connectivity index (χ2v) is 4.79. The molecule has 3 aromatic rings. The lowest BCUT2D eigenvalue weighted by Crippen LogP contribution is -2.07. The summed E-state index contributed by atoms with van der Waals surface area (Å²) in [6.07, 6.45) is 1.79. The number of hydrogen-bond acceptors (Lipinski definition) is 2. The van der Waals surface area contributed by atoms with Gasteiger partial charge in [-0.3, -0.25) is 4.98 Å². The standard InChI is InChI=1S/C17H15FN2/c1-12(13-7-9-14(18)10-8-13)20-17-6-2-5-16-15(17)4-3-11-19-16/h2-12,20H,1H3. The first kappa shape index (κ1) is 12.6. The van der Waals surface area contributed by atoms with Crippen LogP contribution in [0.4, 0.5) is 10.1 Å². The van der Waals surface area contributed by atoms with Gasteiger partial charge < -0.3 is 5.32 Å². The average molecular weight is 266 g/mol. The number of rotatable bonds is 3. The summed E-state index contributed by atoms with van der Waals surface area (Å²) in [5.41, 5.74) is 3.04. The topological polar surface area (TPSA) is 24.9 Å². The number of nitrogens with one attached hydrogen (secondary N) is 1. The van der Waals surface area contributed by atoms with E-state index in [1.165, 1.54) is 12.1 Å². The number of hydrogen-bond donors (Lipinski definition) is 1. The minimum Gasteiger partial charge on any atom is -0.378 e. The predicted molar refractivity (Wildman–Crippen MR) is 80.2 cm³/mol. The molecule has 0 aliphatic carbocycles. The quantitative estimate of drug-likeness (QED) is 0.752. The molecule has 2 aromatic carbocycles. The number of aromatic nitrogens is 1. The highest BCUT2D eigenvalue weighted by Crippen LogP contribution is 2.25. The van der Waals surface area contributed by atoms with Crippen LogP contribution in [0, 0.1) is 5.82 Å². The van der Waals surface area contributed by atoms with Gasteiger partial charge in [0.1, 0.15) is 5.82 Å². The van der Waals surface area contributed by atoms with E-state index in [2.05, 4.69) is 17.2 Å². The number of anilines is 1. The van der Waals surface area contributed by atoms with Crippen molar-refractivity contribution in [1.82, 2.24) is 4.98 Å². The van der Waals surface area contributed by atoms with Gasteiger partial charge >= 0.3 is 0 Å². The molecule has 1 aromatic heterocycles. The largest absolute Gasteiger partial charge is 0.378 e. The zero-order valence-corrected chi connectivity index (χ0v) is 11.2. The fourth-order valence-electron chi connectivity index (χ4n) is 2.30. The molecule has 2 nitrogen and oxygen atoms in total. The maximum absolute atomic E-state index is 13.0. The van der Waals surface area contributed by atoms with E-state index in [0.29, 0.717) is 0 Å². The highest BCUT2D eigenvalue weighted by atomic mass is 19.1. The SMILES string of the molecule is CC(Nc1cccc2ncccc12)c1ccc(F)cc1. The van der Waals surface area contributed by atoms with Crippen molar-refractivity contribution in [2.24, 2.45) is 0 Å². The third kappa shape index (κ3) is 2.48. The van der Waals surface area contributed by atoms with E-state index in [4.69, 9.17) is 0 Å². The molecule has 0 fully saturated rings. The normalized spacial score (nSPS) is 12.3. The second kappa shape index (κ2) is 5.29. The third-order valence-corrected chi connectivity index (χ3v) is 3.39. The van der Waals surface area contributed by atoms with Crippen LogP contribution in [0.3, 0.4) is 0 Å². The van der Waals surface area contributed by atoms with Crippen molar-refractivity contribution in [3.8, 4) is 0 Å². The van der Waals surface area contributed by atoms with E-state index in [9.17, 15) is 4.39 Å². The molecule has 20 heavy (non-hydrogen) atoms. The fourth-order valence-corrected chi connectivity index (χ4v) is 2.30. The Bertz CT molecular complexity index is 717. The molecule has 0 bridgehead atoms.